The molecule has 3 aromatic carbocycles. The van der Waals surface area contributed by atoms with Gasteiger partial charge in [0.15, 0.2) is 0 Å². The third kappa shape index (κ3) is 2.53. The Morgan fingerprint density at radius 1 is 0.880 bits per heavy atom. The Morgan fingerprint density at radius 3 is 2.32 bits per heavy atom. The van der Waals surface area contributed by atoms with E-state index in [0.717, 1.165) is 28.4 Å². The van der Waals surface area contributed by atoms with E-state index in [1.807, 2.05) is 67.6 Å². The van der Waals surface area contributed by atoms with Crippen molar-refractivity contribution in [2.45, 2.75) is 25.9 Å². The summed E-state index contributed by atoms with van der Waals surface area (Å²) >= 11 is 0. The van der Waals surface area contributed by atoms with E-state index in [0.29, 0.717) is 5.75 Å². The van der Waals surface area contributed by atoms with Crippen molar-refractivity contribution in [3.05, 3.63) is 83.9 Å². The van der Waals surface area contributed by atoms with Gasteiger partial charge in [-0.05, 0) is 42.2 Å². The first kappa shape index (κ1) is 16.2. The van der Waals surface area contributed by atoms with Crippen LogP contribution in [0.25, 0.3) is 11.1 Å². The van der Waals surface area contributed by atoms with Crippen LogP contribution in [0, 0.1) is 0 Å². The van der Waals surface area contributed by atoms with Gasteiger partial charge in [-0.2, -0.15) is 0 Å². The highest BCUT2D eigenvalue weighted by atomic mass is 31.2. The smallest absolute Gasteiger partial charge is 0.284 e. The largest absolute Gasteiger partial charge is 0.439 e. The average Bonchev–Trinajstić information content (AvgIpc) is 2.67. The zero-order chi connectivity index (χ0) is 17.4. The molecule has 0 fully saturated rings. The summed E-state index contributed by atoms with van der Waals surface area (Å²) in [6, 6.07) is 24.1. The van der Waals surface area contributed by atoms with Gasteiger partial charge in [0.1, 0.15) is 5.75 Å². The highest BCUT2D eigenvalue weighted by Crippen LogP contribution is 2.63. The predicted octanol–water partition coefficient (Wildman–Crippen LogP) is 5.97. The first-order chi connectivity index (χ1) is 12.1. The number of fused-ring (bicyclic) bond motifs is 3. The van der Waals surface area contributed by atoms with Crippen molar-refractivity contribution in [1.29, 1.82) is 0 Å². The molecule has 4 rings (SSSR count). The maximum absolute atomic E-state index is 14.2. The van der Waals surface area contributed by atoms with Crippen LogP contribution in [0.5, 0.6) is 5.75 Å². The van der Waals surface area contributed by atoms with E-state index in [1.165, 1.54) is 5.56 Å². The molecule has 0 aromatic heterocycles. The second-order valence-corrected chi connectivity index (χ2v) is 9.06. The van der Waals surface area contributed by atoms with Crippen LogP contribution in [-0.2, 0) is 11.0 Å². The maximum Gasteiger partial charge on any atom is 0.284 e. The lowest BCUT2D eigenvalue weighted by molar-refractivity contribution is 0.481. The van der Waals surface area contributed by atoms with Gasteiger partial charge in [-0.25, -0.2) is 0 Å². The van der Waals surface area contributed by atoms with Crippen LogP contribution in [0.15, 0.2) is 72.8 Å². The normalized spacial score (nSPS) is 19.4. The van der Waals surface area contributed by atoms with Crippen molar-refractivity contribution in [3.8, 4) is 16.9 Å². The van der Waals surface area contributed by atoms with Crippen LogP contribution in [-0.4, -0.2) is 0 Å². The van der Waals surface area contributed by atoms with Crippen LogP contribution in [0.4, 0.5) is 0 Å². The van der Waals surface area contributed by atoms with Crippen molar-refractivity contribution in [2.24, 2.45) is 0 Å². The van der Waals surface area contributed by atoms with Crippen LogP contribution >= 0.6 is 7.37 Å². The van der Waals surface area contributed by atoms with E-state index in [4.69, 9.17) is 4.52 Å². The third-order valence-electron chi connectivity index (χ3n) is 5.05. The Labute approximate surface area is 148 Å². The maximum atomic E-state index is 14.2. The lowest BCUT2D eigenvalue weighted by atomic mass is 10.0. The summed E-state index contributed by atoms with van der Waals surface area (Å²) in [6.45, 7) is 4.16. The third-order valence-corrected chi connectivity index (χ3v) is 7.87. The molecular formula is C22H21O2P. The van der Waals surface area contributed by atoms with E-state index in [2.05, 4.69) is 19.1 Å². The van der Waals surface area contributed by atoms with Crippen molar-refractivity contribution in [2.75, 3.05) is 0 Å². The van der Waals surface area contributed by atoms with Gasteiger partial charge in [0.05, 0.1) is 11.0 Å². The monoisotopic (exact) mass is 348 g/mol. The van der Waals surface area contributed by atoms with Gasteiger partial charge in [-0.15, -0.1) is 0 Å². The Morgan fingerprint density at radius 2 is 1.52 bits per heavy atom. The van der Waals surface area contributed by atoms with Crippen molar-refractivity contribution in [3.63, 3.8) is 0 Å². The molecule has 0 amide bonds. The fourth-order valence-electron chi connectivity index (χ4n) is 3.67. The van der Waals surface area contributed by atoms with E-state index < -0.39 is 7.37 Å². The number of aryl methyl sites for hydroxylation is 1. The quantitative estimate of drug-likeness (QED) is 0.545. The fourth-order valence-corrected chi connectivity index (χ4v) is 6.24. The SMILES string of the molecule is CCc1ccccc1C(C)P1(=O)Oc2ccccc2-c2ccccc21. The Bertz CT molecular complexity index is 977. The first-order valence-corrected chi connectivity index (χ1v) is 10.4. The molecular weight excluding hydrogens is 327 g/mol. The van der Waals surface area contributed by atoms with Crippen LogP contribution in [0.3, 0.4) is 0 Å². The fraction of sp³-hybridized carbons (Fsp3) is 0.182. The number of benzene rings is 3. The van der Waals surface area contributed by atoms with Gasteiger partial charge >= 0.3 is 0 Å². The number of hydrogen-bond donors (Lipinski definition) is 0. The Hall–Kier alpha value is -2.31. The van der Waals surface area contributed by atoms with Crippen molar-refractivity contribution in [1.82, 2.24) is 0 Å². The minimum absolute atomic E-state index is 0.196. The van der Waals surface area contributed by atoms with E-state index in [9.17, 15) is 4.57 Å². The summed E-state index contributed by atoms with van der Waals surface area (Å²) in [6.07, 6.45) is 0.915. The lowest BCUT2D eigenvalue weighted by Gasteiger charge is -2.33. The molecule has 2 atom stereocenters. The minimum Gasteiger partial charge on any atom is -0.439 e. The number of rotatable bonds is 3. The first-order valence-electron chi connectivity index (χ1n) is 8.71. The Balaban J connectivity index is 1.92. The standard InChI is InChI=1S/C22H21O2P/c1-3-17-10-4-5-11-18(17)16(2)25(23)22-15-9-7-13-20(22)19-12-6-8-14-21(19)24-25/h4-16H,3H2,1-2H3. The summed E-state index contributed by atoms with van der Waals surface area (Å²) < 4.78 is 20.4. The van der Waals surface area contributed by atoms with Crippen LogP contribution < -0.4 is 9.83 Å². The number of para-hydroxylation sites is 1. The summed E-state index contributed by atoms with van der Waals surface area (Å²) in [5.74, 6) is 0.713. The molecule has 25 heavy (non-hydrogen) atoms. The van der Waals surface area contributed by atoms with E-state index in [1.54, 1.807) is 0 Å². The van der Waals surface area contributed by atoms with E-state index >= 15 is 0 Å². The molecule has 3 heteroatoms. The van der Waals surface area contributed by atoms with Gasteiger partial charge in [-0.1, -0.05) is 67.6 Å². The summed E-state index contributed by atoms with van der Waals surface area (Å²) in [4.78, 5) is 0. The predicted molar refractivity (Wildman–Crippen MR) is 104 cm³/mol. The molecule has 0 spiro atoms. The highest BCUT2D eigenvalue weighted by Gasteiger charge is 2.41. The number of hydrogen-bond acceptors (Lipinski definition) is 2. The van der Waals surface area contributed by atoms with Gasteiger partial charge < -0.3 is 4.52 Å². The molecule has 0 radical (unpaired) electrons. The highest BCUT2D eigenvalue weighted by molar-refractivity contribution is 7.68. The average molecular weight is 348 g/mol. The van der Waals surface area contributed by atoms with Crippen molar-refractivity contribution < 1.29 is 9.09 Å². The second-order valence-electron chi connectivity index (χ2n) is 6.43. The molecule has 1 aliphatic heterocycles. The molecule has 126 valence electrons. The molecule has 0 aliphatic carbocycles. The zero-order valence-corrected chi connectivity index (χ0v) is 15.4. The Kier molecular flexibility index (Phi) is 4.01. The molecule has 2 nitrogen and oxygen atoms in total. The molecule has 3 aromatic rings. The molecule has 0 saturated carbocycles. The van der Waals surface area contributed by atoms with Crippen molar-refractivity contribution >= 4 is 12.7 Å². The van der Waals surface area contributed by atoms with Gasteiger partial charge in [0, 0.05) is 5.56 Å². The molecule has 1 aliphatic rings. The topological polar surface area (TPSA) is 26.3 Å². The van der Waals surface area contributed by atoms with Crippen LogP contribution in [0.2, 0.25) is 0 Å². The van der Waals surface area contributed by atoms with Gasteiger partial charge in [0.2, 0.25) is 0 Å². The lowest BCUT2D eigenvalue weighted by Crippen LogP contribution is -2.21. The van der Waals surface area contributed by atoms with Crippen LogP contribution in [0.1, 0.15) is 30.6 Å². The zero-order valence-electron chi connectivity index (χ0n) is 14.5. The van der Waals surface area contributed by atoms with Gasteiger partial charge in [-0.3, -0.25) is 4.57 Å². The van der Waals surface area contributed by atoms with E-state index in [-0.39, 0.29) is 5.66 Å². The van der Waals surface area contributed by atoms with Gasteiger partial charge in [0.25, 0.3) is 7.37 Å². The molecule has 2 unspecified atom stereocenters. The minimum atomic E-state index is -3.09. The molecule has 1 heterocycles. The molecule has 0 bridgehead atoms. The summed E-state index contributed by atoms with van der Waals surface area (Å²) in [5, 5.41) is 0.826. The summed E-state index contributed by atoms with van der Waals surface area (Å²) in [7, 11) is -3.09. The molecule has 0 saturated heterocycles. The summed E-state index contributed by atoms with van der Waals surface area (Å²) in [5.41, 5.74) is 4.18. The molecule has 0 N–H and O–H groups in total. The second kappa shape index (κ2) is 6.20.